The van der Waals surface area contributed by atoms with E-state index >= 15 is 0 Å². The van der Waals surface area contributed by atoms with E-state index in [-0.39, 0.29) is 0 Å². The smallest absolute Gasteiger partial charge is 0.344 e. The average Bonchev–Trinajstić information content (AvgIpc) is 2.99. The van der Waals surface area contributed by atoms with Crippen molar-refractivity contribution in [1.82, 2.24) is 14.5 Å². The maximum atomic E-state index is 12.8. The van der Waals surface area contributed by atoms with Crippen LogP contribution in [0.15, 0.2) is 42.6 Å². The van der Waals surface area contributed by atoms with Crippen LogP contribution in [-0.4, -0.2) is 28.0 Å². The predicted octanol–water partition coefficient (Wildman–Crippen LogP) is 5.48. The van der Waals surface area contributed by atoms with E-state index < -0.39 is 11.9 Å². The Bertz CT molecular complexity index is 1000. The molecule has 0 aliphatic carbocycles. The first kappa shape index (κ1) is 20.0. The molecule has 0 amide bonds. The molecule has 1 atom stereocenters. The molecule has 3 heterocycles. The third-order valence-electron chi connectivity index (χ3n) is 5.96. The molecule has 3 nitrogen and oxygen atoms in total. The molecule has 0 saturated carbocycles. The molecule has 1 aromatic carbocycles. The van der Waals surface area contributed by atoms with Crippen molar-refractivity contribution in [2.24, 2.45) is 5.92 Å². The van der Waals surface area contributed by atoms with Crippen LogP contribution in [0.3, 0.4) is 0 Å². The van der Waals surface area contributed by atoms with Gasteiger partial charge in [0.25, 0.3) is 0 Å². The third-order valence-corrected chi connectivity index (χ3v) is 5.96. The van der Waals surface area contributed by atoms with Gasteiger partial charge >= 0.3 is 6.18 Å². The Morgan fingerprint density at radius 3 is 2.55 bits per heavy atom. The molecule has 0 spiro atoms. The van der Waals surface area contributed by atoms with Crippen LogP contribution >= 0.6 is 0 Å². The molecule has 0 bridgehead atoms. The number of alkyl halides is 3. The Hall–Kier alpha value is -2.34. The standard InChI is InChI=1S/C23H26F3N3/c1-15(2)22-21-17-6-4-5-7-18(17)29(19(21)11-12-28(22)3)13-10-16-8-9-20(27-14-16)23(24,25)26/h4-9,14-15,22H,10-13H2,1-3H3. The van der Waals surface area contributed by atoms with Crippen LogP contribution in [0, 0.1) is 5.92 Å². The number of aryl methyl sites for hydroxylation is 2. The van der Waals surface area contributed by atoms with E-state index in [2.05, 4.69) is 59.6 Å². The lowest BCUT2D eigenvalue weighted by Crippen LogP contribution is -2.35. The molecular weight excluding hydrogens is 375 g/mol. The molecule has 1 aliphatic rings. The highest BCUT2D eigenvalue weighted by Gasteiger charge is 2.33. The largest absolute Gasteiger partial charge is 0.433 e. The molecule has 0 N–H and O–H groups in total. The van der Waals surface area contributed by atoms with Crippen LogP contribution in [0.4, 0.5) is 13.2 Å². The molecule has 0 radical (unpaired) electrons. The minimum absolute atomic E-state index is 0.373. The number of fused-ring (bicyclic) bond motifs is 3. The minimum Gasteiger partial charge on any atom is -0.344 e. The van der Waals surface area contributed by atoms with Gasteiger partial charge in [-0.15, -0.1) is 0 Å². The summed E-state index contributed by atoms with van der Waals surface area (Å²) >= 11 is 0. The van der Waals surface area contributed by atoms with Gasteiger partial charge < -0.3 is 4.57 Å². The maximum absolute atomic E-state index is 12.8. The monoisotopic (exact) mass is 401 g/mol. The van der Waals surface area contributed by atoms with E-state index in [0.29, 0.717) is 18.4 Å². The van der Waals surface area contributed by atoms with E-state index in [1.807, 2.05) is 0 Å². The fraction of sp³-hybridized carbons (Fsp3) is 0.435. The summed E-state index contributed by atoms with van der Waals surface area (Å²) in [6.07, 6.45) is -1.41. The van der Waals surface area contributed by atoms with Crippen molar-refractivity contribution in [1.29, 1.82) is 0 Å². The Morgan fingerprint density at radius 1 is 1.14 bits per heavy atom. The molecule has 3 aromatic rings. The fourth-order valence-corrected chi connectivity index (χ4v) is 4.70. The van der Waals surface area contributed by atoms with Crippen molar-refractivity contribution in [2.75, 3.05) is 13.6 Å². The van der Waals surface area contributed by atoms with Crippen LogP contribution in [0.2, 0.25) is 0 Å². The molecule has 1 unspecified atom stereocenters. The van der Waals surface area contributed by atoms with E-state index in [9.17, 15) is 13.2 Å². The Balaban J connectivity index is 1.68. The average molecular weight is 401 g/mol. The summed E-state index contributed by atoms with van der Waals surface area (Å²) in [5, 5.41) is 1.29. The minimum atomic E-state index is -4.40. The Morgan fingerprint density at radius 2 is 1.90 bits per heavy atom. The second-order valence-electron chi connectivity index (χ2n) is 8.25. The van der Waals surface area contributed by atoms with Gasteiger partial charge in [-0.2, -0.15) is 13.2 Å². The fourth-order valence-electron chi connectivity index (χ4n) is 4.70. The summed E-state index contributed by atoms with van der Waals surface area (Å²) in [7, 11) is 2.19. The van der Waals surface area contributed by atoms with Gasteiger partial charge in [0.15, 0.2) is 0 Å². The molecule has 1 aliphatic heterocycles. The zero-order chi connectivity index (χ0) is 20.8. The zero-order valence-corrected chi connectivity index (χ0v) is 17.0. The Labute approximate surface area is 169 Å². The molecule has 0 saturated heterocycles. The number of hydrogen-bond acceptors (Lipinski definition) is 2. The van der Waals surface area contributed by atoms with Crippen molar-refractivity contribution in [3.05, 3.63) is 65.1 Å². The van der Waals surface area contributed by atoms with Gasteiger partial charge in [0, 0.05) is 48.3 Å². The summed E-state index contributed by atoms with van der Waals surface area (Å²) in [5.41, 5.74) is 3.96. The number of aromatic nitrogens is 2. The number of nitrogens with zero attached hydrogens (tertiary/aromatic N) is 3. The van der Waals surface area contributed by atoms with E-state index in [0.717, 1.165) is 31.1 Å². The summed E-state index contributed by atoms with van der Waals surface area (Å²) in [6, 6.07) is 11.5. The van der Waals surface area contributed by atoms with Crippen LogP contribution in [0.1, 0.15) is 42.4 Å². The van der Waals surface area contributed by atoms with E-state index in [1.165, 1.54) is 28.4 Å². The lowest BCUT2D eigenvalue weighted by Gasteiger charge is -2.36. The highest BCUT2D eigenvalue weighted by molar-refractivity contribution is 5.86. The van der Waals surface area contributed by atoms with Crippen LogP contribution < -0.4 is 0 Å². The van der Waals surface area contributed by atoms with Gasteiger partial charge in [0.05, 0.1) is 0 Å². The first-order chi connectivity index (χ1) is 13.8. The van der Waals surface area contributed by atoms with Gasteiger partial charge in [-0.25, -0.2) is 0 Å². The number of rotatable bonds is 4. The lowest BCUT2D eigenvalue weighted by atomic mass is 9.88. The first-order valence-electron chi connectivity index (χ1n) is 10.1. The first-order valence-corrected chi connectivity index (χ1v) is 10.1. The highest BCUT2D eigenvalue weighted by Crippen LogP contribution is 2.40. The molecule has 2 aromatic heterocycles. The van der Waals surface area contributed by atoms with Crippen molar-refractivity contribution in [2.45, 2.75) is 45.5 Å². The van der Waals surface area contributed by atoms with Crippen molar-refractivity contribution < 1.29 is 13.2 Å². The number of para-hydroxylation sites is 1. The molecule has 154 valence electrons. The number of halogens is 3. The van der Waals surface area contributed by atoms with Crippen molar-refractivity contribution in [3.8, 4) is 0 Å². The van der Waals surface area contributed by atoms with Gasteiger partial charge in [-0.1, -0.05) is 38.1 Å². The Kier molecular flexibility index (Phi) is 5.15. The van der Waals surface area contributed by atoms with Gasteiger partial charge in [-0.3, -0.25) is 9.88 Å². The zero-order valence-electron chi connectivity index (χ0n) is 17.0. The van der Waals surface area contributed by atoms with E-state index in [1.54, 1.807) is 6.07 Å². The maximum Gasteiger partial charge on any atom is 0.433 e. The summed E-state index contributed by atoms with van der Waals surface area (Å²) in [6.45, 7) is 6.26. The summed E-state index contributed by atoms with van der Waals surface area (Å²) < 4.78 is 40.6. The summed E-state index contributed by atoms with van der Waals surface area (Å²) in [4.78, 5) is 6.04. The second-order valence-corrected chi connectivity index (χ2v) is 8.25. The number of benzene rings is 1. The predicted molar refractivity (Wildman–Crippen MR) is 109 cm³/mol. The number of pyridine rings is 1. The molecule has 0 fully saturated rings. The SMILES string of the molecule is CC(C)C1c2c(n(CCc3ccc(C(F)(F)F)nc3)c3ccccc23)CCN1C. The highest BCUT2D eigenvalue weighted by atomic mass is 19.4. The lowest BCUT2D eigenvalue weighted by molar-refractivity contribution is -0.141. The second kappa shape index (κ2) is 7.48. The summed E-state index contributed by atoms with van der Waals surface area (Å²) in [5.74, 6) is 0.498. The van der Waals surface area contributed by atoms with Crippen LogP contribution in [0.25, 0.3) is 10.9 Å². The van der Waals surface area contributed by atoms with E-state index in [4.69, 9.17) is 0 Å². The third kappa shape index (κ3) is 3.66. The van der Waals surface area contributed by atoms with Crippen LogP contribution in [-0.2, 0) is 25.6 Å². The van der Waals surface area contributed by atoms with Crippen LogP contribution in [0.5, 0.6) is 0 Å². The topological polar surface area (TPSA) is 21.1 Å². The molecular formula is C23H26F3N3. The molecule has 29 heavy (non-hydrogen) atoms. The molecule has 4 rings (SSSR count). The number of hydrogen-bond donors (Lipinski definition) is 0. The quantitative estimate of drug-likeness (QED) is 0.577. The normalized spacial score (nSPS) is 17.8. The molecule has 6 heteroatoms. The van der Waals surface area contributed by atoms with Gasteiger partial charge in [-0.05, 0) is 42.6 Å². The number of likely N-dealkylation sites (N-methyl/N-ethyl adjacent to an activating group) is 1. The van der Waals surface area contributed by atoms with Gasteiger partial charge in [0.2, 0.25) is 0 Å². The van der Waals surface area contributed by atoms with Gasteiger partial charge in [0.1, 0.15) is 5.69 Å². The van der Waals surface area contributed by atoms with Crippen molar-refractivity contribution >= 4 is 10.9 Å². The van der Waals surface area contributed by atoms with Crippen molar-refractivity contribution in [3.63, 3.8) is 0 Å².